The minimum absolute atomic E-state index is 0.0168. The van der Waals surface area contributed by atoms with Crippen LogP contribution >= 0.6 is 0 Å². The Morgan fingerprint density at radius 1 is 1.78 bits per heavy atom. The second kappa shape index (κ2) is 5.31. The van der Waals surface area contributed by atoms with Crippen molar-refractivity contribution in [2.24, 2.45) is 0 Å². The van der Waals surface area contributed by atoms with Crippen LogP contribution in [0.2, 0.25) is 0 Å². The Balaban J connectivity index is 3.61. The molecule has 0 bridgehead atoms. The largest absolute Gasteiger partial charge is 0.337 e. The lowest BCUT2D eigenvalue weighted by Gasteiger charge is -1.90. The third-order valence-corrected chi connectivity index (χ3v) is 0.856. The van der Waals surface area contributed by atoms with Gasteiger partial charge in [0.2, 0.25) is 5.76 Å². The molecule has 0 radical (unpaired) electrons. The number of allylic oxidation sites excluding steroid dienone is 2. The molecular formula is C6H10O3. The van der Waals surface area contributed by atoms with Crippen molar-refractivity contribution in [3.63, 3.8) is 0 Å². The van der Waals surface area contributed by atoms with Gasteiger partial charge in [-0.05, 0) is 12.5 Å². The average Bonchev–Trinajstić information content (AvgIpc) is 1.91. The number of carbonyl (C=O) groups excluding carboxylic acids is 1. The van der Waals surface area contributed by atoms with E-state index in [1.165, 1.54) is 6.08 Å². The smallest absolute Gasteiger partial charge is 0.200 e. The summed E-state index contributed by atoms with van der Waals surface area (Å²) in [6.07, 6.45) is 3.68. The van der Waals surface area contributed by atoms with E-state index < -0.39 is 0 Å². The van der Waals surface area contributed by atoms with Gasteiger partial charge < -0.3 is 4.89 Å². The van der Waals surface area contributed by atoms with Gasteiger partial charge in [-0.15, -0.1) is 0 Å². The second-order valence-electron chi connectivity index (χ2n) is 1.60. The van der Waals surface area contributed by atoms with Crippen LogP contribution in [-0.2, 0) is 9.68 Å². The Labute approximate surface area is 53.9 Å². The summed E-state index contributed by atoms with van der Waals surface area (Å²) in [5.74, 6) is -0.0168. The van der Waals surface area contributed by atoms with Gasteiger partial charge in [0, 0.05) is 0 Å². The van der Waals surface area contributed by atoms with E-state index in [0.29, 0.717) is 6.29 Å². The number of aldehydes is 1. The quantitative estimate of drug-likeness (QED) is 0.205. The first kappa shape index (κ1) is 8.17. The molecule has 0 saturated carbocycles. The van der Waals surface area contributed by atoms with Crippen molar-refractivity contribution >= 4 is 6.29 Å². The molecule has 0 aromatic heterocycles. The minimum Gasteiger partial charge on any atom is -0.337 e. The minimum atomic E-state index is -0.0168. The van der Waals surface area contributed by atoms with Crippen LogP contribution < -0.4 is 0 Å². The molecule has 3 heteroatoms. The lowest BCUT2D eigenvalue weighted by Crippen LogP contribution is -1.87. The van der Waals surface area contributed by atoms with Gasteiger partial charge in [-0.3, -0.25) is 4.79 Å². The number of unbranched alkanes of at least 4 members (excludes halogenated alkanes) is 1. The van der Waals surface area contributed by atoms with Crippen molar-refractivity contribution in [2.45, 2.75) is 19.8 Å². The Bertz CT molecular complexity index is 107. The number of hydrogen-bond acceptors (Lipinski definition) is 3. The molecule has 3 nitrogen and oxygen atoms in total. The summed E-state index contributed by atoms with van der Waals surface area (Å²) in [7, 11) is 0. The average molecular weight is 130 g/mol. The van der Waals surface area contributed by atoms with Crippen molar-refractivity contribution in [3.05, 3.63) is 11.8 Å². The molecule has 0 amide bonds. The molecule has 0 saturated heterocycles. The van der Waals surface area contributed by atoms with Gasteiger partial charge in [0.15, 0.2) is 6.29 Å². The second-order valence-corrected chi connectivity index (χ2v) is 1.60. The molecule has 0 aliphatic heterocycles. The molecule has 52 valence electrons. The standard InChI is InChI=1S/C6H10O3/c1-2-3-4-6(5-7)9-8/h4-5,8H,2-3H2,1H3/b6-4-. The molecular weight excluding hydrogens is 120 g/mol. The third kappa shape index (κ3) is 3.73. The van der Waals surface area contributed by atoms with E-state index in [4.69, 9.17) is 5.26 Å². The predicted octanol–water partition coefficient (Wildman–Crippen LogP) is 1.36. The first-order valence-corrected chi connectivity index (χ1v) is 2.82. The van der Waals surface area contributed by atoms with Crippen molar-refractivity contribution in [1.29, 1.82) is 0 Å². The molecule has 0 atom stereocenters. The Morgan fingerprint density at radius 3 is 2.78 bits per heavy atom. The predicted molar refractivity (Wildman–Crippen MR) is 32.8 cm³/mol. The number of rotatable bonds is 4. The van der Waals surface area contributed by atoms with Crippen LogP contribution in [0.1, 0.15) is 19.8 Å². The first-order chi connectivity index (χ1) is 4.35. The summed E-state index contributed by atoms with van der Waals surface area (Å²) >= 11 is 0. The third-order valence-electron chi connectivity index (χ3n) is 0.856. The van der Waals surface area contributed by atoms with Crippen LogP contribution in [0, 0.1) is 0 Å². The van der Waals surface area contributed by atoms with Gasteiger partial charge in [0.25, 0.3) is 0 Å². The number of hydrogen-bond donors (Lipinski definition) is 1. The molecule has 0 aromatic rings. The van der Waals surface area contributed by atoms with Crippen molar-refractivity contribution in [3.8, 4) is 0 Å². The van der Waals surface area contributed by atoms with E-state index in [1.807, 2.05) is 6.92 Å². The highest BCUT2D eigenvalue weighted by molar-refractivity contribution is 5.69. The van der Waals surface area contributed by atoms with Crippen LogP contribution in [0.5, 0.6) is 0 Å². The highest BCUT2D eigenvalue weighted by Crippen LogP contribution is 1.95. The van der Waals surface area contributed by atoms with E-state index in [1.54, 1.807) is 0 Å². The highest BCUT2D eigenvalue weighted by atomic mass is 17.1. The van der Waals surface area contributed by atoms with Gasteiger partial charge in [-0.2, -0.15) is 0 Å². The van der Waals surface area contributed by atoms with Crippen LogP contribution in [0.25, 0.3) is 0 Å². The van der Waals surface area contributed by atoms with E-state index in [-0.39, 0.29) is 5.76 Å². The molecule has 9 heavy (non-hydrogen) atoms. The summed E-state index contributed by atoms with van der Waals surface area (Å²) in [6.45, 7) is 1.97. The van der Waals surface area contributed by atoms with Crippen LogP contribution in [0.3, 0.4) is 0 Å². The maximum atomic E-state index is 9.89. The molecule has 0 aliphatic carbocycles. The van der Waals surface area contributed by atoms with Crippen molar-refractivity contribution in [2.75, 3.05) is 0 Å². The summed E-state index contributed by atoms with van der Waals surface area (Å²) in [5, 5.41) is 7.95. The summed E-state index contributed by atoms with van der Waals surface area (Å²) in [6, 6.07) is 0. The summed E-state index contributed by atoms with van der Waals surface area (Å²) in [4.78, 5) is 13.6. The van der Waals surface area contributed by atoms with E-state index in [9.17, 15) is 4.79 Å². The Morgan fingerprint density at radius 2 is 2.44 bits per heavy atom. The van der Waals surface area contributed by atoms with Crippen molar-refractivity contribution in [1.82, 2.24) is 0 Å². The highest BCUT2D eigenvalue weighted by Gasteiger charge is 1.90. The van der Waals surface area contributed by atoms with Crippen molar-refractivity contribution < 1.29 is 14.9 Å². The number of carbonyl (C=O) groups is 1. The Kier molecular flexibility index (Phi) is 4.82. The zero-order valence-corrected chi connectivity index (χ0v) is 5.33. The zero-order valence-electron chi connectivity index (χ0n) is 5.33. The van der Waals surface area contributed by atoms with Gasteiger partial charge in [-0.1, -0.05) is 13.3 Å². The lowest BCUT2D eigenvalue weighted by atomic mass is 10.3. The fraction of sp³-hybridized carbons (Fsp3) is 0.500. The monoisotopic (exact) mass is 130 g/mol. The molecule has 0 unspecified atom stereocenters. The van der Waals surface area contributed by atoms with E-state index in [0.717, 1.165) is 12.8 Å². The summed E-state index contributed by atoms with van der Waals surface area (Å²) < 4.78 is 0. The lowest BCUT2D eigenvalue weighted by molar-refractivity contribution is -0.202. The first-order valence-electron chi connectivity index (χ1n) is 2.82. The van der Waals surface area contributed by atoms with Crippen LogP contribution in [-0.4, -0.2) is 11.5 Å². The molecule has 0 aliphatic rings. The molecule has 0 fully saturated rings. The van der Waals surface area contributed by atoms with Gasteiger partial charge in [0.1, 0.15) is 0 Å². The van der Waals surface area contributed by atoms with Gasteiger partial charge >= 0.3 is 0 Å². The van der Waals surface area contributed by atoms with Gasteiger partial charge in [0.05, 0.1) is 0 Å². The molecule has 0 heterocycles. The van der Waals surface area contributed by atoms with Crippen LogP contribution in [0.15, 0.2) is 11.8 Å². The maximum Gasteiger partial charge on any atom is 0.200 e. The topological polar surface area (TPSA) is 46.5 Å². The molecule has 1 N–H and O–H groups in total. The normalized spacial score (nSPS) is 11.1. The fourth-order valence-corrected chi connectivity index (χ4v) is 0.393. The Hall–Kier alpha value is -0.830. The van der Waals surface area contributed by atoms with Gasteiger partial charge in [-0.25, -0.2) is 5.26 Å². The molecule has 0 rings (SSSR count). The fourth-order valence-electron chi connectivity index (χ4n) is 0.393. The zero-order chi connectivity index (χ0) is 7.11. The maximum absolute atomic E-state index is 9.89. The van der Waals surface area contributed by atoms with E-state index in [2.05, 4.69) is 4.89 Å². The molecule has 0 spiro atoms. The summed E-state index contributed by atoms with van der Waals surface area (Å²) in [5.41, 5.74) is 0. The van der Waals surface area contributed by atoms with E-state index >= 15 is 0 Å². The molecule has 0 aromatic carbocycles. The van der Waals surface area contributed by atoms with Crippen LogP contribution in [0.4, 0.5) is 0 Å². The SMILES string of the molecule is CCC/C=C(/C=O)OO.